The maximum absolute atomic E-state index is 12.1. The number of urea groups is 1. The number of carboxylic acid groups (broad SMARTS) is 1. The lowest BCUT2D eigenvalue weighted by atomic mass is 10.2. The van der Waals surface area contributed by atoms with Gasteiger partial charge in [0.05, 0.1) is 0 Å². The van der Waals surface area contributed by atoms with Gasteiger partial charge in [-0.1, -0.05) is 24.3 Å². The van der Waals surface area contributed by atoms with Crippen LogP contribution >= 0.6 is 11.3 Å². The fourth-order valence-corrected chi connectivity index (χ4v) is 2.47. The molecular weight excluding hydrogens is 276 g/mol. The Bertz CT molecular complexity index is 584. The van der Waals surface area contributed by atoms with E-state index in [0.717, 1.165) is 0 Å². The summed E-state index contributed by atoms with van der Waals surface area (Å²) in [5.74, 6) is -1.08. The Balaban J connectivity index is 2.11. The molecule has 20 heavy (non-hydrogen) atoms. The monoisotopic (exact) mass is 290 g/mol. The van der Waals surface area contributed by atoms with Crippen molar-refractivity contribution in [2.75, 3.05) is 11.9 Å². The third kappa shape index (κ3) is 3.16. The van der Waals surface area contributed by atoms with Crippen LogP contribution in [0.4, 0.5) is 10.5 Å². The Kier molecular flexibility index (Phi) is 4.37. The van der Waals surface area contributed by atoms with Crippen molar-refractivity contribution in [3.63, 3.8) is 0 Å². The van der Waals surface area contributed by atoms with Crippen molar-refractivity contribution >= 4 is 29.0 Å². The summed E-state index contributed by atoms with van der Waals surface area (Å²) >= 11 is 1.29. The highest BCUT2D eigenvalue weighted by molar-refractivity contribution is 7.10. The molecule has 6 heteroatoms. The van der Waals surface area contributed by atoms with Crippen molar-refractivity contribution in [2.24, 2.45) is 0 Å². The minimum Gasteiger partial charge on any atom is -0.479 e. The van der Waals surface area contributed by atoms with E-state index in [4.69, 9.17) is 0 Å². The zero-order valence-corrected chi connectivity index (χ0v) is 11.6. The molecule has 2 N–H and O–H groups in total. The standard InChI is InChI=1S/C14H14N2O3S/c1-16(10-6-3-2-4-7-10)14(19)15-12(13(17)18)11-8-5-9-20-11/h2-9,12H,1H3,(H,15,19)(H,17,18). The molecule has 0 bridgehead atoms. The number of nitrogens with one attached hydrogen (secondary N) is 1. The minimum absolute atomic E-state index is 0.461. The molecule has 0 saturated carbocycles. The molecule has 1 aromatic carbocycles. The number of hydrogen-bond acceptors (Lipinski definition) is 3. The molecule has 0 aliphatic carbocycles. The molecule has 5 nitrogen and oxygen atoms in total. The van der Waals surface area contributed by atoms with Crippen LogP contribution in [0.25, 0.3) is 0 Å². The molecule has 2 aromatic rings. The average Bonchev–Trinajstić information content (AvgIpc) is 2.98. The number of anilines is 1. The van der Waals surface area contributed by atoms with Gasteiger partial charge in [0.1, 0.15) is 0 Å². The van der Waals surface area contributed by atoms with Gasteiger partial charge in [0.2, 0.25) is 0 Å². The first-order valence-electron chi connectivity index (χ1n) is 5.95. The summed E-state index contributed by atoms with van der Waals surface area (Å²) in [6.07, 6.45) is 0. The predicted molar refractivity (Wildman–Crippen MR) is 78.1 cm³/mol. The SMILES string of the molecule is CN(C(=O)NC(C(=O)O)c1cccs1)c1ccccc1. The Labute approximate surface area is 120 Å². The van der Waals surface area contributed by atoms with E-state index in [9.17, 15) is 14.7 Å². The van der Waals surface area contributed by atoms with Gasteiger partial charge in [-0.05, 0) is 23.6 Å². The third-order valence-electron chi connectivity index (χ3n) is 2.79. The molecule has 0 radical (unpaired) electrons. The number of thiophene rings is 1. The molecule has 104 valence electrons. The van der Waals surface area contributed by atoms with Crippen LogP contribution in [0.15, 0.2) is 47.8 Å². The number of para-hydroxylation sites is 1. The smallest absolute Gasteiger partial charge is 0.331 e. The van der Waals surface area contributed by atoms with E-state index in [1.807, 2.05) is 18.2 Å². The maximum Gasteiger partial charge on any atom is 0.331 e. The highest BCUT2D eigenvalue weighted by Crippen LogP contribution is 2.20. The van der Waals surface area contributed by atoms with Gasteiger partial charge in [-0.2, -0.15) is 0 Å². The molecule has 1 aromatic heterocycles. The molecular formula is C14H14N2O3S. The number of benzene rings is 1. The topological polar surface area (TPSA) is 69.6 Å². The second-order valence-electron chi connectivity index (χ2n) is 4.13. The Morgan fingerprint density at radius 3 is 2.45 bits per heavy atom. The van der Waals surface area contributed by atoms with Gasteiger partial charge in [0, 0.05) is 17.6 Å². The predicted octanol–water partition coefficient (Wildman–Crippen LogP) is 2.72. The van der Waals surface area contributed by atoms with Gasteiger partial charge in [0.15, 0.2) is 6.04 Å². The fourth-order valence-electron chi connectivity index (χ4n) is 1.70. The number of aliphatic carboxylic acids is 1. The van der Waals surface area contributed by atoms with Crippen molar-refractivity contribution in [1.82, 2.24) is 5.32 Å². The Morgan fingerprint density at radius 2 is 1.90 bits per heavy atom. The van der Waals surface area contributed by atoms with Crippen LogP contribution < -0.4 is 10.2 Å². The van der Waals surface area contributed by atoms with Gasteiger partial charge in [-0.25, -0.2) is 9.59 Å². The molecule has 0 aliphatic rings. The van der Waals surface area contributed by atoms with Crippen molar-refractivity contribution in [3.05, 3.63) is 52.7 Å². The average molecular weight is 290 g/mol. The number of nitrogens with zero attached hydrogens (tertiary/aromatic N) is 1. The number of amides is 2. The van der Waals surface area contributed by atoms with Crippen molar-refractivity contribution in [2.45, 2.75) is 6.04 Å². The molecule has 0 fully saturated rings. The van der Waals surface area contributed by atoms with E-state index < -0.39 is 18.0 Å². The third-order valence-corrected chi connectivity index (χ3v) is 3.73. The summed E-state index contributed by atoms with van der Waals surface area (Å²) < 4.78 is 0. The molecule has 2 rings (SSSR count). The molecule has 1 unspecified atom stereocenters. The normalized spacial score (nSPS) is 11.7. The quantitative estimate of drug-likeness (QED) is 0.909. The largest absolute Gasteiger partial charge is 0.479 e. The lowest BCUT2D eigenvalue weighted by Crippen LogP contribution is -2.41. The highest BCUT2D eigenvalue weighted by atomic mass is 32.1. The second-order valence-corrected chi connectivity index (χ2v) is 5.11. The van der Waals surface area contributed by atoms with Crippen LogP contribution in [0.5, 0.6) is 0 Å². The van der Waals surface area contributed by atoms with E-state index >= 15 is 0 Å². The Hall–Kier alpha value is -2.34. The van der Waals surface area contributed by atoms with Crippen LogP contribution in [-0.4, -0.2) is 24.2 Å². The van der Waals surface area contributed by atoms with E-state index in [1.165, 1.54) is 16.2 Å². The van der Waals surface area contributed by atoms with Gasteiger partial charge in [-0.3, -0.25) is 4.90 Å². The van der Waals surface area contributed by atoms with Crippen LogP contribution in [0.2, 0.25) is 0 Å². The minimum atomic E-state index is -1.08. The van der Waals surface area contributed by atoms with Gasteiger partial charge in [-0.15, -0.1) is 11.3 Å². The zero-order valence-electron chi connectivity index (χ0n) is 10.8. The number of carboxylic acids is 1. The molecule has 1 atom stereocenters. The molecule has 2 amide bonds. The highest BCUT2D eigenvalue weighted by Gasteiger charge is 2.24. The van der Waals surface area contributed by atoms with Crippen molar-refractivity contribution in [3.8, 4) is 0 Å². The molecule has 0 aliphatic heterocycles. The van der Waals surface area contributed by atoms with Gasteiger partial charge >= 0.3 is 12.0 Å². The Morgan fingerprint density at radius 1 is 1.20 bits per heavy atom. The first kappa shape index (κ1) is 14.1. The van der Waals surface area contributed by atoms with Crippen molar-refractivity contribution in [1.29, 1.82) is 0 Å². The van der Waals surface area contributed by atoms with Gasteiger partial charge < -0.3 is 10.4 Å². The summed E-state index contributed by atoms with van der Waals surface area (Å²) in [5, 5.41) is 13.5. The lowest BCUT2D eigenvalue weighted by molar-refractivity contribution is -0.139. The second kappa shape index (κ2) is 6.21. The summed E-state index contributed by atoms with van der Waals surface area (Å²) in [5.41, 5.74) is 0.695. The summed E-state index contributed by atoms with van der Waals surface area (Å²) in [4.78, 5) is 25.3. The first-order valence-corrected chi connectivity index (χ1v) is 6.83. The van der Waals surface area contributed by atoms with Crippen LogP contribution in [0.3, 0.4) is 0 Å². The van der Waals surface area contributed by atoms with E-state index in [-0.39, 0.29) is 0 Å². The molecule has 1 heterocycles. The number of hydrogen-bond donors (Lipinski definition) is 2. The van der Waals surface area contributed by atoms with E-state index in [1.54, 1.807) is 36.7 Å². The van der Waals surface area contributed by atoms with E-state index in [0.29, 0.717) is 10.6 Å². The van der Waals surface area contributed by atoms with Gasteiger partial charge in [0.25, 0.3) is 0 Å². The van der Waals surface area contributed by atoms with Crippen LogP contribution in [-0.2, 0) is 4.79 Å². The fraction of sp³-hybridized carbons (Fsp3) is 0.143. The van der Waals surface area contributed by atoms with Crippen LogP contribution in [0, 0.1) is 0 Å². The molecule has 0 spiro atoms. The molecule has 0 saturated heterocycles. The maximum atomic E-state index is 12.1. The number of carbonyl (C=O) groups is 2. The summed E-state index contributed by atoms with van der Waals surface area (Å²) in [6, 6.07) is 11.0. The van der Waals surface area contributed by atoms with Crippen LogP contribution in [0.1, 0.15) is 10.9 Å². The zero-order chi connectivity index (χ0) is 14.5. The number of rotatable bonds is 4. The first-order chi connectivity index (χ1) is 9.59. The number of carbonyl (C=O) groups excluding carboxylic acids is 1. The summed E-state index contributed by atoms with van der Waals surface area (Å²) in [7, 11) is 1.60. The lowest BCUT2D eigenvalue weighted by Gasteiger charge is -2.21. The van der Waals surface area contributed by atoms with Crippen molar-refractivity contribution < 1.29 is 14.7 Å². The van der Waals surface area contributed by atoms with E-state index in [2.05, 4.69) is 5.32 Å². The summed E-state index contributed by atoms with van der Waals surface area (Å²) in [6.45, 7) is 0.